The van der Waals surface area contributed by atoms with Crippen LogP contribution in [-0.2, 0) is 6.54 Å². The highest BCUT2D eigenvalue weighted by Crippen LogP contribution is 2.15. The first-order chi connectivity index (χ1) is 8.58. The van der Waals surface area contributed by atoms with E-state index in [1.54, 1.807) is 25.2 Å². The summed E-state index contributed by atoms with van der Waals surface area (Å²) >= 11 is 3.19. The molecule has 6 heteroatoms. The molecule has 2 aromatic rings. The van der Waals surface area contributed by atoms with Crippen LogP contribution in [0.1, 0.15) is 16.1 Å². The summed E-state index contributed by atoms with van der Waals surface area (Å²) in [6, 6.07) is 6.63. The Hall–Kier alpha value is -1.82. The zero-order valence-electron chi connectivity index (χ0n) is 9.64. The van der Waals surface area contributed by atoms with Crippen molar-refractivity contribution in [2.24, 2.45) is 0 Å². The van der Waals surface area contributed by atoms with E-state index in [1.807, 2.05) is 0 Å². The highest BCUT2D eigenvalue weighted by atomic mass is 79.9. The van der Waals surface area contributed by atoms with Gasteiger partial charge >= 0.3 is 0 Å². The number of hydrogen-bond donors (Lipinski definition) is 1. The van der Waals surface area contributed by atoms with E-state index in [-0.39, 0.29) is 11.5 Å². The molecule has 0 radical (unpaired) electrons. The second kappa shape index (κ2) is 5.22. The summed E-state index contributed by atoms with van der Waals surface area (Å²) < 4.78 is 5.91. The van der Waals surface area contributed by atoms with Gasteiger partial charge in [-0.1, -0.05) is 0 Å². The molecule has 0 aliphatic heterocycles. The van der Waals surface area contributed by atoms with Crippen LogP contribution in [0.3, 0.4) is 0 Å². The topological polar surface area (TPSA) is 66.3 Å². The maximum atomic E-state index is 12.0. The van der Waals surface area contributed by atoms with Gasteiger partial charge in [0.15, 0.2) is 4.67 Å². The third-order valence-corrected chi connectivity index (χ3v) is 2.84. The molecule has 1 amide bonds. The first kappa shape index (κ1) is 12.6. The van der Waals surface area contributed by atoms with E-state index >= 15 is 0 Å². The first-order valence-electron chi connectivity index (χ1n) is 5.25. The van der Waals surface area contributed by atoms with Crippen molar-refractivity contribution >= 4 is 21.8 Å². The summed E-state index contributed by atoms with van der Waals surface area (Å²) in [7, 11) is 1.62. The zero-order chi connectivity index (χ0) is 13.1. The molecule has 5 nitrogen and oxygen atoms in total. The zero-order valence-corrected chi connectivity index (χ0v) is 11.2. The number of H-pyrrole nitrogens is 1. The van der Waals surface area contributed by atoms with E-state index in [9.17, 15) is 9.59 Å². The van der Waals surface area contributed by atoms with Gasteiger partial charge in [-0.25, -0.2) is 0 Å². The Morgan fingerprint density at radius 2 is 2.22 bits per heavy atom. The SMILES string of the molecule is CN(Cc1ccc(Br)o1)C(=O)c1ccc[nH]c1=O. The minimum atomic E-state index is -0.394. The standard InChI is InChI=1S/C12H11BrN2O3/c1-15(7-8-4-5-10(13)18-8)12(17)9-3-2-6-14-11(9)16/h2-6H,7H2,1H3,(H,14,16). The summed E-state index contributed by atoms with van der Waals surface area (Å²) in [5.41, 5.74) is -0.277. The van der Waals surface area contributed by atoms with Crippen LogP contribution in [-0.4, -0.2) is 22.8 Å². The Labute approximate surface area is 112 Å². The molecular formula is C12H11BrN2O3. The molecule has 0 aromatic carbocycles. The highest BCUT2D eigenvalue weighted by molar-refractivity contribution is 9.10. The van der Waals surface area contributed by atoms with Crippen LogP contribution in [0.5, 0.6) is 0 Å². The van der Waals surface area contributed by atoms with Crippen LogP contribution in [0.4, 0.5) is 0 Å². The predicted octanol–water partition coefficient (Wildman–Crippen LogP) is 2.00. The Kier molecular flexibility index (Phi) is 3.66. The number of aromatic amines is 1. The lowest BCUT2D eigenvalue weighted by atomic mass is 10.2. The largest absolute Gasteiger partial charge is 0.452 e. The number of aromatic nitrogens is 1. The fourth-order valence-corrected chi connectivity index (χ4v) is 1.88. The number of rotatable bonds is 3. The van der Waals surface area contributed by atoms with Crippen LogP contribution in [0, 0.1) is 0 Å². The molecule has 2 aromatic heterocycles. The van der Waals surface area contributed by atoms with E-state index in [0.29, 0.717) is 17.0 Å². The van der Waals surface area contributed by atoms with Crippen molar-refractivity contribution in [3.8, 4) is 0 Å². The molecule has 0 fully saturated rings. The highest BCUT2D eigenvalue weighted by Gasteiger charge is 2.16. The molecule has 18 heavy (non-hydrogen) atoms. The number of carbonyl (C=O) groups is 1. The fourth-order valence-electron chi connectivity index (χ4n) is 1.54. The maximum Gasteiger partial charge on any atom is 0.260 e. The molecule has 0 unspecified atom stereocenters. The third-order valence-electron chi connectivity index (χ3n) is 2.42. The fraction of sp³-hybridized carbons (Fsp3) is 0.167. The van der Waals surface area contributed by atoms with E-state index < -0.39 is 5.56 Å². The number of nitrogens with one attached hydrogen (secondary N) is 1. The van der Waals surface area contributed by atoms with E-state index in [4.69, 9.17) is 4.42 Å². The second-order valence-electron chi connectivity index (χ2n) is 3.78. The molecule has 0 aliphatic rings. The van der Waals surface area contributed by atoms with Crippen LogP contribution >= 0.6 is 15.9 Å². The minimum absolute atomic E-state index is 0.116. The lowest BCUT2D eigenvalue weighted by Gasteiger charge is -2.14. The molecule has 2 heterocycles. The van der Waals surface area contributed by atoms with Crippen molar-refractivity contribution in [2.75, 3.05) is 7.05 Å². The van der Waals surface area contributed by atoms with Crippen LogP contribution in [0.25, 0.3) is 0 Å². The molecule has 0 saturated carbocycles. The lowest BCUT2D eigenvalue weighted by molar-refractivity contribution is 0.0773. The normalized spacial score (nSPS) is 10.3. The number of furan rings is 1. The monoisotopic (exact) mass is 310 g/mol. The molecule has 0 saturated heterocycles. The van der Waals surface area contributed by atoms with Gasteiger partial charge in [-0.2, -0.15) is 0 Å². The van der Waals surface area contributed by atoms with Crippen molar-refractivity contribution in [3.63, 3.8) is 0 Å². The molecule has 0 bridgehead atoms. The van der Waals surface area contributed by atoms with Crippen molar-refractivity contribution < 1.29 is 9.21 Å². The lowest BCUT2D eigenvalue weighted by Crippen LogP contribution is -2.30. The van der Waals surface area contributed by atoms with Gasteiger partial charge in [-0.05, 0) is 40.2 Å². The number of nitrogens with zero attached hydrogens (tertiary/aromatic N) is 1. The van der Waals surface area contributed by atoms with Gasteiger partial charge in [0, 0.05) is 13.2 Å². The average Bonchev–Trinajstić information content (AvgIpc) is 2.74. The number of amides is 1. The molecule has 0 spiro atoms. The van der Waals surface area contributed by atoms with Crippen LogP contribution in [0.15, 0.2) is 44.3 Å². The van der Waals surface area contributed by atoms with Gasteiger partial charge in [-0.15, -0.1) is 0 Å². The summed E-state index contributed by atoms with van der Waals surface area (Å²) in [6.45, 7) is 0.304. The summed E-state index contributed by atoms with van der Waals surface area (Å²) in [4.78, 5) is 27.4. The maximum absolute atomic E-state index is 12.0. The molecule has 94 valence electrons. The summed E-state index contributed by atoms with van der Waals surface area (Å²) in [6.07, 6.45) is 1.49. The first-order valence-corrected chi connectivity index (χ1v) is 6.04. The van der Waals surface area contributed by atoms with Gasteiger partial charge in [0.25, 0.3) is 11.5 Å². The van der Waals surface area contributed by atoms with Crippen LogP contribution < -0.4 is 5.56 Å². The number of hydrogen-bond acceptors (Lipinski definition) is 3. The smallest absolute Gasteiger partial charge is 0.260 e. The molecule has 2 rings (SSSR count). The van der Waals surface area contributed by atoms with Crippen LogP contribution in [0.2, 0.25) is 0 Å². The minimum Gasteiger partial charge on any atom is -0.452 e. The quantitative estimate of drug-likeness (QED) is 0.943. The third kappa shape index (κ3) is 2.70. The van der Waals surface area contributed by atoms with Crippen molar-refractivity contribution in [1.29, 1.82) is 0 Å². The summed E-state index contributed by atoms with van der Waals surface area (Å²) in [5.74, 6) is 0.300. The van der Waals surface area contributed by atoms with Crippen molar-refractivity contribution in [3.05, 3.63) is 56.8 Å². The number of pyridine rings is 1. The molecular weight excluding hydrogens is 300 g/mol. The Bertz CT molecular complexity index is 618. The van der Waals surface area contributed by atoms with Gasteiger partial charge < -0.3 is 14.3 Å². The summed E-state index contributed by atoms with van der Waals surface area (Å²) in [5, 5.41) is 0. The Balaban J connectivity index is 2.15. The molecule has 0 atom stereocenters. The van der Waals surface area contributed by atoms with E-state index in [2.05, 4.69) is 20.9 Å². The van der Waals surface area contributed by atoms with E-state index in [0.717, 1.165) is 0 Å². The van der Waals surface area contributed by atoms with E-state index in [1.165, 1.54) is 17.2 Å². The van der Waals surface area contributed by atoms with Crippen molar-refractivity contribution in [2.45, 2.75) is 6.54 Å². The molecule has 1 N–H and O–H groups in total. The predicted molar refractivity (Wildman–Crippen MR) is 69.3 cm³/mol. The average molecular weight is 311 g/mol. The van der Waals surface area contributed by atoms with Gasteiger partial charge in [0.05, 0.1) is 6.54 Å². The van der Waals surface area contributed by atoms with Gasteiger partial charge in [0.1, 0.15) is 11.3 Å². The van der Waals surface area contributed by atoms with Crippen molar-refractivity contribution in [1.82, 2.24) is 9.88 Å². The molecule has 0 aliphatic carbocycles. The van der Waals surface area contributed by atoms with Gasteiger partial charge in [-0.3, -0.25) is 9.59 Å². The Morgan fingerprint density at radius 1 is 1.44 bits per heavy atom. The number of halogens is 1. The second-order valence-corrected chi connectivity index (χ2v) is 4.56. The van der Waals surface area contributed by atoms with Gasteiger partial charge in [0.2, 0.25) is 0 Å². The number of carbonyl (C=O) groups excluding carboxylic acids is 1. The Morgan fingerprint density at radius 3 is 2.83 bits per heavy atom.